The molecular weight excluding hydrogens is 1270 g/mol. The predicted molar refractivity (Wildman–Crippen MR) is 420 cm³/mol. The molecule has 14 nitrogen and oxygen atoms in total. The van der Waals surface area contributed by atoms with E-state index < -0.39 is 86.8 Å². The van der Waals surface area contributed by atoms with Crippen LogP contribution in [0.4, 0.5) is 0 Å². The lowest BCUT2D eigenvalue weighted by Crippen LogP contribution is -2.65. The number of allylic oxidation sites excluding steroid dienone is 5. The number of unbranched alkanes of at least 4 members (excludes halogenated alkanes) is 58. The number of hydrogen-bond acceptors (Lipinski definition) is 13. The van der Waals surface area contributed by atoms with Crippen LogP contribution in [0, 0.1) is 0 Å². The summed E-state index contributed by atoms with van der Waals surface area (Å²) in [6, 6.07) is -0.915. The van der Waals surface area contributed by atoms with Crippen molar-refractivity contribution < 1.29 is 64.6 Å². The first-order valence-corrected chi connectivity index (χ1v) is 43.7. The Morgan fingerprint density at radius 3 is 0.990 bits per heavy atom. The van der Waals surface area contributed by atoms with Gasteiger partial charge in [-0.25, -0.2) is 0 Å². The smallest absolute Gasteiger partial charge is 0.220 e. The summed E-state index contributed by atoms with van der Waals surface area (Å²) in [4.78, 5) is 13.4. The number of amides is 1. The molecule has 12 unspecified atom stereocenters. The lowest BCUT2D eigenvalue weighted by molar-refractivity contribution is -0.359. The Kier molecular flexibility index (Phi) is 67.1. The average molecular weight is 1430 g/mol. The number of rotatable bonds is 75. The standard InChI is InChI=1S/C87H165NO13/c1-3-5-7-9-11-13-15-17-19-21-23-25-27-29-31-33-35-36-37-38-39-40-41-43-45-47-49-51-53-55-57-59-61-63-65-67-69-71-79(92)88-75(74-98-86-84(97)82(95)85(78(73-90)100-86)101-87-83(96)81(94)80(93)77(72-89)99-87)76(91)70-68-66-64-62-60-58-56-54-52-50-48-46-44-42-34-32-30-28-26-24-22-20-18-16-14-12-10-8-6-4-2/h15,17,21,23,68,70,75-78,80-87,89-91,93-97H,3-14,16,18-20,22,24-67,69,71-74H2,1-2H3,(H,88,92)/b17-15-,23-21-,70-68+. The first-order chi connectivity index (χ1) is 49.6. The van der Waals surface area contributed by atoms with Crippen LogP contribution >= 0.6 is 0 Å². The van der Waals surface area contributed by atoms with Crippen molar-refractivity contribution in [2.75, 3.05) is 19.8 Å². The molecule has 0 aliphatic carbocycles. The summed E-state index contributed by atoms with van der Waals surface area (Å²) in [5.41, 5.74) is 0. The van der Waals surface area contributed by atoms with Crippen LogP contribution in [0.15, 0.2) is 36.5 Å². The van der Waals surface area contributed by atoms with Gasteiger partial charge in [0.15, 0.2) is 12.6 Å². The maximum atomic E-state index is 13.4. The van der Waals surface area contributed by atoms with Crippen molar-refractivity contribution >= 4 is 5.91 Å². The van der Waals surface area contributed by atoms with Crippen molar-refractivity contribution in [1.29, 1.82) is 0 Å². The van der Waals surface area contributed by atoms with Gasteiger partial charge in [-0.05, 0) is 51.4 Å². The Morgan fingerprint density at radius 1 is 0.356 bits per heavy atom. The predicted octanol–water partition coefficient (Wildman–Crippen LogP) is 20.8. The molecule has 2 aliphatic rings. The van der Waals surface area contributed by atoms with E-state index in [0.29, 0.717) is 6.42 Å². The fraction of sp³-hybridized carbons (Fsp3) is 0.920. The molecule has 2 heterocycles. The van der Waals surface area contributed by atoms with Gasteiger partial charge in [0, 0.05) is 6.42 Å². The normalized spacial score (nSPS) is 21.8. The van der Waals surface area contributed by atoms with E-state index in [4.69, 9.17) is 18.9 Å². The van der Waals surface area contributed by atoms with E-state index in [1.807, 2.05) is 6.08 Å². The number of aliphatic hydroxyl groups is 8. The van der Waals surface area contributed by atoms with Crippen LogP contribution in [0.5, 0.6) is 0 Å². The van der Waals surface area contributed by atoms with Crippen molar-refractivity contribution in [1.82, 2.24) is 5.32 Å². The van der Waals surface area contributed by atoms with Gasteiger partial charge in [0.05, 0.1) is 32.0 Å². The van der Waals surface area contributed by atoms with Crippen molar-refractivity contribution in [3.8, 4) is 0 Å². The lowest BCUT2D eigenvalue weighted by Gasteiger charge is -2.46. The maximum Gasteiger partial charge on any atom is 0.220 e. The number of ether oxygens (including phenoxy) is 4. The van der Waals surface area contributed by atoms with Gasteiger partial charge < -0.3 is 65.1 Å². The van der Waals surface area contributed by atoms with E-state index >= 15 is 0 Å². The fourth-order valence-corrected chi connectivity index (χ4v) is 14.7. The lowest BCUT2D eigenvalue weighted by atomic mass is 9.97. The number of nitrogens with one attached hydrogen (secondary N) is 1. The number of carbonyl (C=O) groups excluding carboxylic acids is 1. The second-order valence-corrected chi connectivity index (χ2v) is 31.0. The summed E-state index contributed by atoms with van der Waals surface area (Å²) in [6.07, 6.45) is 78.2. The third kappa shape index (κ3) is 53.6. The highest BCUT2D eigenvalue weighted by Gasteiger charge is 2.51. The van der Waals surface area contributed by atoms with Crippen LogP contribution in [0.2, 0.25) is 0 Å². The first-order valence-electron chi connectivity index (χ1n) is 43.7. The summed E-state index contributed by atoms with van der Waals surface area (Å²) < 4.78 is 23.0. The van der Waals surface area contributed by atoms with Gasteiger partial charge in [-0.2, -0.15) is 0 Å². The minimum atomic E-state index is -1.79. The molecule has 2 rings (SSSR count). The Morgan fingerprint density at radius 2 is 0.653 bits per heavy atom. The van der Waals surface area contributed by atoms with Crippen LogP contribution in [0.25, 0.3) is 0 Å². The van der Waals surface area contributed by atoms with Crippen molar-refractivity contribution in [2.45, 2.75) is 492 Å². The Labute approximate surface area is 621 Å². The minimum absolute atomic E-state index is 0.229. The Bertz CT molecular complexity index is 1840. The molecule has 0 spiro atoms. The molecule has 101 heavy (non-hydrogen) atoms. The molecular formula is C87H165NO13. The second kappa shape index (κ2) is 71.1. The molecule has 12 atom stereocenters. The van der Waals surface area contributed by atoms with E-state index in [9.17, 15) is 45.6 Å². The third-order valence-electron chi connectivity index (χ3n) is 21.6. The Hall–Kier alpha value is -1.79. The minimum Gasteiger partial charge on any atom is -0.394 e. The third-order valence-corrected chi connectivity index (χ3v) is 21.6. The molecule has 1 amide bonds. The first kappa shape index (κ1) is 95.3. The maximum absolute atomic E-state index is 13.4. The largest absolute Gasteiger partial charge is 0.394 e. The molecule has 0 saturated carbocycles. The van der Waals surface area contributed by atoms with Gasteiger partial charge in [0.25, 0.3) is 0 Å². The summed E-state index contributed by atoms with van der Waals surface area (Å²) >= 11 is 0. The second-order valence-electron chi connectivity index (χ2n) is 31.0. The van der Waals surface area contributed by atoms with Crippen molar-refractivity contribution in [3.05, 3.63) is 36.5 Å². The van der Waals surface area contributed by atoms with Crippen LogP contribution < -0.4 is 5.32 Å². The van der Waals surface area contributed by atoms with Crippen LogP contribution in [-0.4, -0.2) is 140 Å². The molecule has 596 valence electrons. The number of aliphatic hydroxyl groups excluding tert-OH is 8. The van der Waals surface area contributed by atoms with E-state index in [1.165, 1.54) is 347 Å². The SMILES string of the molecule is CCCCCCC/C=C\C/C=C\CCCCCCCCCCCCCCCCCCCCCCCCCCCC(=O)NC(COC1OC(CO)C(OC2OC(CO)C(O)C(O)C2O)C(O)C1O)C(O)/C=C/CCCCCCCCCCCCCCCCCCCCCCCCCCCCCC. The van der Waals surface area contributed by atoms with Gasteiger partial charge >= 0.3 is 0 Å². The molecule has 9 N–H and O–H groups in total. The highest BCUT2D eigenvalue weighted by molar-refractivity contribution is 5.76. The molecule has 14 heteroatoms. The van der Waals surface area contributed by atoms with E-state index in [0.717, 1.165) is 44.9 Å². The van der Waals surface area contributed by atoms with Gasteiger partial charge in [-0.1, -0.05) is 397 Å². The van der Waals surface area contributed by atoms with Gasteiger partial charge in [-0.3, -0.25) is 4.79 Å². The average Bonchev–Trinajstić information content (AvgIpc) is 0.792. The van der Waals surface area contributed by atoms with Crippen molar-refractivity contribution in [2.24, 2.45) is 0 Å². The van der Waals surface area contributed by atoms with Gasteiger partial charge in [-0.15, -0.1) is 0 Å². The Balaban J connectivity index is 1.57. The summed E-state index contributed by atoms with van der Waals surface area (Å²) in [5.74, 6) is -0.229. The molecule has 0 aromatic carbocycles. The molecule has 0 bridgehead atoms. The van der Waals surface area contributed by atoms with Gasteiger partial charge in [0.1, 0.15) is 48.8 Å². The molecule has 2 saturated heterocycles. The summed E-state index contributed by atoms with van der Waals surface area (Å²) in [5, 5.41) is 87.8. The summed E-state index contributed by atoms with van der Waals surface area (Å²) in [6.45, 7) is 2.86. The zero-order chi connectivity index (χ0) is 73.0. The highest BCUT2D eigenvalue weighted by atomic mass is 16.7. The zero-order valence-corrected chi connectivity index (χ0v) is 65.7. The van der Waals surface area contributed by atoms with E-state index in [-0.39, 0.29) is 18.9 Å². The van der Waals surface area contributed by atoms with Gasteiger partial charge in [0.2, 0.25) is 5.91 Å². The number of hydrogen-bond donors (Lipinski definition) is 9. The number of carbonyl (C=O) groups is 1. The van der Waals surface area contributed by atoms with Crippen LogP contribution in [-0.2, 0) is 23.7 Å². The fourth-order valence-electron chi connectivity index (χ4n) is 14.7. The zero-order valence-electron chi connectivity index (χ0n) is 65.7. The molecule has 2 aliphatic heterocycles. The molecule has 0 radical (unpaired) electrons. The van der Waals surface area contributed by atoms with Crippen molar-refractivity contribution in [3.63, 3.8) is 0 Å². The topological polar surface area (TPSA) is 228 Å². The van der Waals surface area contributed by atoms with E-state index in [2.05, 4.69) is 43.5 Å². The van der Waals surface area contributed by atoms with Crippen LogP contribution in [0.1, 0.15) is 418 Å². The monoisotopic (exact) mass is 1430 g/mol. The van der Waals surface area contributed by atoms with Crippen LogP contribution in [0.3, 0.4) is 0 Å². The quantitative estimate of drug-likeness (QED) is 0.0204. The molecule has 0 aromatic heterocycles. The highest BCUT2D eigenvalue weighted by Crippen LogP contribution is 2.31. The molecule has 2 fully saturated rings. The summed E-state index contributed by atoms with van der Waals surface area (Å²) in [7, 11) is 0. The van der Waals surface area contributed by atoms with E-state index in [1.54, 1.807) is 6.08 Å². The molecule has 0 aromatic rings.